The molecule has 1 heterocycles. The Hall–Kier alpha value is -2.94. The van der Waals surface area contributed by atoms with Gasteiger partial charge in [0.2, 0.25) is 10.0 Å². The fourth-order valence-electron chi connectivity index (χ4n) is 3.29. The lowest BCUT2D eigenvalue weighted by atomic mass is 9.99. The summed E-state index contributed by atoms with van der Waals surface area (Å²) in [7, 11) is -4.02. The lowest BCUT2D eigenvalue weighted by Gasteiger charge is -2.20. The Bertz CT molecular complexity index is 1410. The first kappa shape index (κ1) is 21.3. The van der Waals surface area contributed by atoms with Crippen molar-refractivity contribution in [2.75, 3.05) is 0 Å². The minimum atomic E-state index is -4.02. The minimum Gasteiger partial charge on any atom is -0.507 e. The van der Waals surface area contributed by atoms with Crippen molar-refractivity contribution in [3.8, 4) is 5.75 Å². The van der Waals surface area contributed by atoms with Crippen LogP contribution in [0.25, 0.3) is 11.0 Å². The Morgan fingerprint density at radius 1 is 0.968 bits per heavy atom. The standard InChI is InChI=1S/C23H18BrNO5S/c1-14-6-12-17(13-7-14)31(28,29)25-21(15-8-10-16(24)11-9-15)20-22(26)18-4-2-3-5-19(18)30-23(20)27/h2-13,21,25-26H,1H3/t21-/m0/s1. The molecule has 158 valence electrons. The van der Waals surface area contributed by atoms with Crippen molar-refractivity contribution in [3.05, 3.63) is 104 Å². The number of hydrogen-bond donors (Lipinski definition) is 2. The van der Waals surface area contributed by atoms with Gasteiger partial charge >= 0.3 is 5.63 Å². The number of rotatable bonds is 5. The number of sulfonamides is 1. The smallest absolute Gasteiger partial charge is 0.345 e. The van der Waals surface area contributed by atoms with Gasteiger partial charge in [0, 0.05) is 4.47 Å². The zero-order valence-corrected chi connectivity index (χ0v) is 18.8. The van der Waals surface area contributed by atoms with Gasteiger partial charge in [-0.15, -0.1) is 0 Å². The number of nitrogens with one attached hydrogen (secondary N) is 1. The maximum Gasteiger partial charge on any atom is 0.345 e. The predicted octanol–water partition coefficient (Wildman–Crippen LogP) is 4.64. The number of aromatic hydroxyl groups is 1. The van der Waals surface area contributed by atoms with E-state index < -0.39 is 21.7 Å². The molecule has 0 amide bonds. The summed E-state index contributed by atoms with van der Waals surface area (Å²) >= 11 is 3.35. The van der Waals surface area contributed by atoms with Crippen molar-refractivity contribution in [1.29, 1.82) is 0 Å². The van der Waals surface area contributed by atoms with E-state index in [0.29, 0.717) is 10.9 Å². The van der Waals surface area contributed by atoms with Crippen LogP contribution in [0.5, 0.6) is 5.75 Å². The highest BCUT2D eigenvalue weighted by atomic mass is 79.9. The molecule has 1 atom stereocenters. The van der Waals surface area contributed by atoms with Crippen LogP contribution in [-0.4, -0.2) is 13.5 Å². The van der Waals surface area contributed by atoms with Crippen LogP contribution in [0.1, 0.15) is 22.7 Å². The Morgan fingerprint density at radius 3 is 2.29 bits per heavy atom. The Balaban J connectivity index is 1.90. The molecule has 0 aliphatic rings. The molecule has 2 N–H and O–H groups in total. The van der Waals surface area contributed by atoms with E-state index in [0.717, 1.165) is 10.0 Å². The summed E-state index contributed by atoms with van der Waals surface area (Å²) < 4.78 is 35.0. The van der Waals surface area contributed by atoms with Gasteiger partial charge < -0.3 is 9.52 Å². The predicted molar refractivity (Wildman–Crippen MR) is 122 cm³/mol. The van der Waals surface area contributed by atoms with Crippen molar-refractivity contribution >= 4 is 36.9 Å². The number of fused-ring (bicyclic) bond motifs is 1. The van der Waals surface area contributed by atoms with Crippen LogP contribution in [0.3, 0.4) is 0 Å². The second-order valence-electron chi connectivity index (χ2n) is 7.07. The molecule has 8 heteroatoms. The summed E-state index contributed by atoms with van der Waals surface area (Å²) in [6.45, 7) is 1.85. The maximum absolute atomic E-state index is 13.1. The third-order valence-corrected chi connectivity index (χ3v) is 6.88. The van der Waals surface area contributed by atoms with Crippen molar-refractivity contribution in [1.82, 2.24) is 4.72 Å². The first-order valence-corrected chi connectivity index (χ1v) is 11.6. The van der Waals surface area contributed by atoms with Gasteiger partial charge in [-0.25, -0.2) is 13.2 Å². The lowest BCUT2D eigenvalue weighted by molar-refractivity contribution is 0.448. The molecule has 0 fully saturated rings. The Labute approximate surface area is 187 Å². The molecule has 4 aromatic rings. The Morgan fingerprint density at radius 2 is 1.61 bits per heavy atom. The van der Waals surface area contributed by atoms with Crippen LogP contribution >= 0.6 is 15.9 Å². The summed E-state index contributed by atoms with van der Waals surface area (Å²) in [5.74, 6) is -0.327. The van der Waals surface area contributed by atoms with Gasteiger partial charge in [-0.05, 0) is 48.9 Å². The highest BCUT2D eigenvalue weighted by Crippen LogP contribution is 2.34. The third-order valence-electron chi connectivity index (χ3n) is 4.92. The molecule has 1 aromatic heterocycles. The van der Waals surface area contributed by atoms with Crippen LogP contribution in [-0.2, 0) is 10.0 Å². The third kappa shape index (κ3) is 4.27. The van der Waals surface area contributed by atoms with Gasteiger partial charge in [-0.2, -0.15) is 4.72 Å². The topological polar surface area (TPSA) is 96.6 Å². The molecule has 31 heavy (non-hydrogen) atoms. The van der Waals surface area contributed by atoms with Crippen molar-refractivity contribution < 1.29 is 17.9 Å². The van der Waals surface area contributed by atoms with Gasteiger partial charge in [0.15, 0.2) is 0 Å². The van der Waals surface area contributed by atoms with E-state index in [2.05, 4.69) is 20.7 Å². The van der Waals surface area contributed by atoms with Gasteiger partial charge in [-0.1, -0.05) is 57.9 Å². The highest BCUT2D eigenvalue weighted by molar-refractivity contribution is 9.10. The molecule has 6 nitrogen and oxygen atoms in total. The van der Waals surface area contributed by atoms with Gasteiger partial charge in [0.05, 0.1) is 16.3 Å². The van der Waals surface area contributed by atoms with E-state index in [1.54, 1.807) is 60.7 Å². The molecule has 0 aliphatic carbocycles. The lowest BCUT2D eigenvalue weighted by Crippen LogP contribution is -2.32. The molecule has 0 unspecified atom stereocenters. The van der Waals surface area contributed by atoms with Crippen LogP contribution in [0.15, 0.2) is 91.4 Å². The monoisotopic (exact) mass is 499 g/mol. The first-order chi connectivity index (χ1) is 14.8. The maximum atomic E-state index is 13.1. The normalized spacial score (nSPS) is 12.7. The summed E-state index contributed by atoms with van der Waals surface area (Å²) in [4.78, 5) is 12.9. The number of aryl methyl sites for hydroxylation is 1. The highest BCUT2D eigenvalue weighted by Gasteiger charge is 2.29. The van der Waals surface area contributed by atoms with Crippen LogP contribution in [0.2, 0.25) is 0 Å². The number of benzene rings is 3. The molecule has 0 radical (unpaired) electrons. The minimum absolute atomic E-state index is 0.0462. The molecule has 0 aliphatic heterocycles. The van der Waals surface area contributed by atoms with E-state index in [9.17, 15) is 18.3 Å². The summed E-state index contributed by atoms with van der Waals surface area (Å²) in [5.41, 5.74) is 0.588. The molecule has 0 spiro atoms. The van der Waals surface area contributed by atoms with Crippen LogP contribution in [0, 0.1) is 6.92 Å². The van der Waals surface area contributed by atoms with E-state index >= 15 is 0 Å². The number of hydrogen-bond acceptors (Lipinski definition) is 5. The molecule has 3 aromatic carbocycles. The molecule has 4 rings (SSSR count). The molecule has 0 saturated carbocycles. The van der Waals surface area contributed by atoms with Crippen molar-refractivity contribution in [2.24, 2.45) is 0 Å². The van der Waals surface area contributed by atoms with Crippen LogP contribution < -0.4 is 10.3 Å². The van der Waals surface area contributed by atoms with Crippen LogP contribution in [0.4, 0.5) is 0 Å². The fourth-order valence-corrected chi connectivity index (χ4v) is 4.75. The largest absolute Gasteiger partial charge is 0.507 e. The van der Waals surface area contributed by atoms with Gasteiger partial charge in [-0.3, -0.25) is 0 Å². The molecular formula is C23H18BrNO5S. The van der Waals surface area contributed by atoms with E-state index in [1.165, 1.54) is 12.1 Å². The quantitative estimate of drug-likeness (QED) is 0.390. The Kier molecular flexibility index (Phi) is 5.70. The SMILES string of the molecule is Cc1ccc(S(=O)(=O)N[C@@H](c2ccc(Br)cc2)c2c(O)c3ccccc3oc2=O)cc1. The summed E-state index contributed by atoms with van der Waals surface area (Å²) in [6, 6.07) is 18.5. The van der Waals surface area contributed by atoms with Gasteiger partial charge in [0.1, 0.15) is 16.9 Å². The zero-order valence-electron chi connectivity index (χ0n) is 16.4. The zero-order chi connectivity index (χ0) is 22.2. The number of halogens is 1. The fraction of sp³-hybridized carbons (Fsp3) is 0.0870. The second kappa shape index (κ2) is 8.30. The van der Waals surface area contributed by atoms with E-state index in [-0.39, 0.29) is 21.8 Å². The molecular weight excluding hydrogens is 482 g/mol. The molecule has 0 saturated heterocycles. The number of para-hydroxylation sites is 1. The average molecular weight is 500 g/mol. The molecule has 0 bridgehead atoms. The van der Waals surface area contributed by atoms with Crippen molar-refractivity contribution in [2.45, 2.75) is 17.9 Å². The van der Waals surface area contributed by atoms with Gasteiger partial charge in [0.25, 0.3) is 0 Å². The van der Waals surface area contributed by atoms with E-state index in [1.807, 2.05) is 6.92 Å². The average Bonchev–Trinajstić information content (AvgIpc) is 2.74. The summed E-state index contributed by atoms with van der Waals surface area (Å²) in [5, 5.41) is 11.2. The van der Waals surface area contributed by atoms with Crippen molar-refractivity contribution in [3.63, 3.8) is 0 Å². The van der Waals surface area contributed by atoms with E-state index in [4.69, 9.17) is 4.42 Å². The second-order valence-corrected chi connectivity index (χ2v) is 9.70. The summed E-state index contributed by atoms with van der Waals surface area (Å²) in [6.07, 6.45) is 0. The first-order valence-electron chi connectivity index (χ1n) is 9.35.